The number of ether oxygens (including phenoxy) is 1. The molecule has 0 aliphatic rings. The number of aromatic nitrogens is 2. The molecule has 0 radical (unpaired) electrons. The van der Waals surface area contributed by atoms with E-state index in [2.05, 4.69) is 15.5 Å². The molecular weight excluding hydrogens is 425 g/mol. The quantitative estimate of drug-likeness (QED) is 0.489. The van der Waals surface area contributed by atoms with Gasteiger partial charge in [-0.25, -0.2) is 0 Å². The van der Waals surface area contributed by atoms with Gasteiger partial charge in [0.2, 0.25) is 17.6 Å². The van der Waals surface area contributed by atoms with Crippen LogP contribution < -0.4 is 10.1 Å². The van der Waals surface area contributed by atoms with Crippen molar-refractivity contribution in [3.8, 4) is 17.1 Å². The Morgan fingerprint density at radius 3 is 2.71 bits per heavy atom. The van der Waals surface area contributed by atoms with E-state index in [-0.39, 0.29) is 12.5 Å². The van der Waals surface area contributed by atoms with Crippen molar-refractivity contribution in [3.63, 3.8) is 0 Å². The fraction of sp³-hybridized carbons (Fsp3) is 0.211. The molecule has 2 aromatic carbocycles. The van der Waals surface area contributed by atoms with Crippen LogP contribution in [-0.2, 0) is 11.3 Å². The largest absolute Gasteiger partial charge is 0.492 e. The smallest absolute Gasteiger partial charge is 0.246 e. The molecule has 0 fully saturated rings. The summed E-state index contributed by atoms with van der Waals surface area (Å²) in [6, 6.07) is 12.1. The summed E-state index contributed by atoms with van der Waals surface area (Å²) < 4.78 is 10.7. The van der Waals surface area contributed by atoms with Crippen molar-refractivity contribution in [1.82, 2.24) is 15.5 Å². The summed E-state index contributed by atoms with van der Waals surface area (Å²) in [6.07, 6.45) is 0.822. The van der Waals surface area contributed by atoms with Crippen LogP contribution in [0, 0.1) is 0 Å². The molecule has 6 nitrogen and oxygen atoms in total. The minimum atomic E-state index is -0.145. The number of rotatable bonds is 8. The van der Waals surface area contributed by atoms with Crippen LogP contribution in [0.15, 0.2) is 47.0 Å². The van der Waals surface area contributed by atoms with Crippen LogP contribution in [0.4, 0.5) is 0 Å². The summed E-state index contributed by atoms with van der Waals surface area (Å²) >= 11 is 17.8. The topological polar surface area (TPSA) is 77.2 Å². The van der Waals surface area contributed by atoms with E-state index in [0.29, 0.717) is 52.0 Å². The molecule has 0 aliphatic carbocycles. The molecule has 3 aromatic rings. The summed E-state index contributed by atoms with van der Waals surface area (Å²) in [5.41, 5.74) is 0.742. The molecule has 0 bridgehead atoms. The summed E-state index contributed by atoms with van der Waals surface area (Å²) in [6.45, 7) is 0.504. The molecule has 1 N–H and O–H groups in total. The second kappa shape index (κ2) is 9.78. The van der Waals surface area contributed by atoms with Crippen molar-refractivity contribution in [2.75, 3.05) is 6.61 Å². The highest BCUT2D eigenvalue weighted by molar-refractivity contribution is 6.35. The number of nitrogens with zero attached hydrogens (tertiary/aromatic N) is 2. The average molecular weight is 441 g/mol. The number of hydrogen-bond donors (Lipinski definition) is 1. The Balaban J connectivity index is 1.40. The Morgan fingerprint density at radius 2 is 1.93 bits per heavy atom. The van der Waals surface area contributed by atoms with E-state index < -0.39 is 0 Å². The summed E-state index contributed by atoms with van der Waals surface area (Å²) in [5, 5.41) is 8.18. The highest BCUT2D eigenvalue weighted by Gasteiger charge is 2.10. The van der Waals surface area contributed by atoms with Gasteiger partial charge in [0.15, 0.2) is 0 Å². The van der Waals surface area contributed by atoms with Gasteiger partial charge in [-0.2, -0.15) is 4.98 Å². The van der Waals surface area contributed by atoms with Gasteiger partial charge in [0, 0.05) is 22.0 Å². The van der Waals surface area contributed by atoms with Gasteiger partial charge in [-0.05, 0) is 36.8 Å². The molecule has 146 valence electrons. The zero-order chi connectivity index (χ0) is 19.9. The lowest BCUT2D eigenvalue weighted by Gasteiger charge is -2.08. The molecule has 0 saturated carbocycles. The fourth-order valence-electron chi connectivity index (χ4n) is 2.34. The zero-order valence-electron chi connectivity index (χ0n) is 14.6. The lowest BCUT2D eigenvalue weighted by atomic mass is 10.2. The minimum absolute atomic E-state index is 0.145. The molecule has 3 rings (SSSR count). The van der Waals surface area contributed by atoms with E-state index in [1.807, 2.05) is 6.07 Å². The summed E-state index contributed by atoms with van der Waals surface area (Å²) in [5.74, 6) is 1.12. The van der Waals surface area contributed by atoms with Crippen LogP contribution in [0.25, 0.3) is 11.4 Å². The Labute approximate surface area is 176 Å². The van der Waals surface area contributed by atoms with Gasteiger partial charge in [-0.3, -0.25) is 4.79 Å². The molecule has 0 saturated heterocycles. The SMILES string of the molecule is O=C(CCCOc1ccc(Cl)cc1Cl)NCc1nc(-c2cccc(Cl)c2)no1. The van der Waals surface area contributed by atoms with Crippen molar-refractivity contribution in [3.05, 3.63) is 63.4 Å². The Bertz CT molecular complexity index is 962. The van der Waals surface area contributed by atoms with Gasteiger partial charge in [0.1, 0.15) is 5.75 Å². The maximum Gasteiger partial charge on any atom is 0.246 e. The number of benzene rings is 2. The fourth-order valence-corrected chi connectivity index (χ4v) is 2.99. The van der Waals surface area contributed by atoms with Crippen molar-refractivity contribution < 1.29 is 14.1 Å². The van der Waals surface area contributed by atoms with E-state index in [0.717, 1.165) is 5.56 Å². The normalized spacial score (nSPS) is 10.7. The molecule has 1 aromatic heterocycles. The van der Waals surface area contributed by atoms with Crippen molar-refractivity contribution in [2.45, 2.75) is 19.4 Å². The molecule has 0 aliphatic heterocycles. The number of nitrogens with one attached hydrogen (secondary N) is 1. The molecule has 0 spiro atoms. The predicted molar refractivity (Wildman–Crippen MR) is 108 cm³/mol. The molecule has 0 unspecified atom stereocenters. The number of carbonyl (C=O) groups excluding carboxylic acids is 1. The first-order chi connectivity index (χ1) is 13.5. The molecule has 28 heavy (non-hydrogen) atoms. The Hall–Kier alpha value is -2.28. The third-order valence-electron chi connectivity index (χ3n) is 3.69. The maximum atomic E-state index is 11.9. The van der Waals surface area contributed by atoms with E-state index in [1.165, 1.54) is 0 Å². The highest BCUT2D eigenvalue weighted by atomic mass is 35.5. The first-order valence-electron chi connectivity index (χ1n) is 8.44. The number of halogens is 3. The van der Waals surface area contributed by atoms with Gasteiger partial charge in [0.05, 0.1) is 18.2 Å². The van der Waals surface area contributed by atoms with E-state index in [1.54, 1.807) is 36.4 Å². The lowest BCUT2D eigenvalue weighted by molar-refractivity contribution is -0.121. The standard InChI is InChI=1S/C19H16Cl3N3O3/c20-13-4-1-3-12(9-13)19-24-18(28-25-19)11-23-17(26)5-2-8-27-16-7-6-14(21)10-15(16)22/h1,3-4,6-7,9-10H,2,5,8,11H2,(H,23,26). The van der Waals surface area contributed by atoms with Crippen LogP contribution in [0.3, 0.4) is 0 Å². The number of amides is 1. The maximum absolute atomic E-state index is 11.9. The van der Waals surface area contributed by atoms with Gasteiger partial charge in [-0.15, -0.1) is 0 Å². The van der Waals surface area contributed by atoms with Gasteiger partial charge >= 0.3 is 0 Å². The number of hydrogen-bond acceptors (Lipinski definition) is 5. The average Bonchev–Trinajstić information content (AvgIpc) is 3.14. The first-order valence-corrected chi connectivity index (χ1v) is 9.58. The van der Waals surface area contributed by atoms with E-state index in [4.69, 9.17) is 44.1 Å². The Morgan fingerprint density at radius 1 is 1.11 bits per heavy atom. The van der Waals surface area contributed by atoms with Crippen LogP contribution in [0.5, 0.6) is 5.75 Å². The molecule has 1 heterocycles. The van der Waals surface area contributed by atoms with Gasteiger partial charge in [0.25, 0.3) is 0 Å². The monoisotopic (exact) mass is 439 g/mol. The molecule has 1 amide bonds. The van der Waals surface area contributed by atoms with Crippen LogP contribution >= 0.6 is 34.8 Å². The lowest BCUT2D eigenvalue weighted by Crippen LogP contribution is -2.23. The molecule has 9 heteroatoms. The minimum Gasteiger partial charge on any atom is -0.492 e. The van der Waals surface area contributed by atoms with Crippen molar-refractivity contribution in [2.24, 2.45) is 0 Å². The zero-order valence-corrected chi connectivity index (χ0v) is 16.9. The van der Waals surface area contributed by atoms with Gasteiger partial charge in [-0.1, -0.05) is 52.1 Å². The van der Waals surface area contributed by atoms with Crippen molar-refractivity contribution >= 4 is 40.7 Å². The second-order valence-corrected chi connectivity index (χ2v) is 7.11. The Kier molecular flexibility index (Phi) is 7.14. The molecule has 0 atom stereocenters. The van der Waals surface area contributed by atoms with Crippen LogP contribution in [0.2, 0.25) is 15.1 Å². The third kappa shape index (κ3) is 5.86. The predicted octanol–water partition coefficient (Wildman–Crippen LogP) is 5.17. The van der Waals surface area contributed by atoms with Crippen molar-refractivity contribution in [1.29, 1.82) is 0 Å². The number of carbonyl (C=O) groups is 1. The van der Waals surface area contributed by atoms with Gasteiger partial charge < -0.3 is 14.6 Å². The van der Waals surface area contributed by atoms with E-state index >= 15 is 0 Å². The summed E-state index contributed by atoms with van der Waals surface area (Å²) in [7, 11) is 0. The highest BCUT2D eigenvalue weighted by Crippen LogP contribution is 2.27. The van der Waals surface area contributed by atoms with Crippen LogP contribution in [-0.4, -0.2) is 22.7 Å². The first kappa shape index (κ1) is 20.5. The third-order valence-corrected chi connectivity index (χ3v) is 4.45. The second-order valence-electron chi connectivity index (χ2n) is 5.83. The van der Waals surface area contributed by atoms with Crippen LogP contribution in [0.1, 0.15) is 18.7 Å². The molecular formula is C19H16Cl3N3O3. The summed E-state index contributed by atoms with van der Waals surface area (Å²) in [4.78, 5) is 16.2. The van der Waals surface area contributed by atoms with E-state index in [9.17, 15) is 4.79 Å².